The molecular weight excluding hydrogens is 202 g/mol. The van der Waals surface area contributed by atoms with E-state index in [-0.39, 0.29) is 11.9 Å². The Morgan fingerprint density at radius 3 is 2.19 bits per heavy atom. The summed E-state index contributed by atoms with van der Waals surface area (Å²) in [5.41, 5.74) is 1.10. The highest BCUT2D eigenvalue weighted by Crippen LogP contribution is 2.23. The highest BCUT2D eigenvalue weighted by Gasteiger charge is 2.16. The van der Waals surface area contributed by atoms with Crippen molar-refractivity contribution >= 4 is 5.91 Å². The largest absolute Gasteiger partial charge is 0.497 e. The Labute approximate surface area is 96.8 Å². The maximum Gasteiger partial charge on any atom is 0.217 e. The van der Waals surface area contributed by atoms with E-state index >= 15 is 0 Å². The Bertz CT molecular complexity index is 343. The summed E-state index contributed by atoms with van der Waals surface area (Å²) >= 11 is 0. The smallest absolute Gasteiger partial charge is 0.217 e. The van der Waals surface area contributed by atoms with Crippen LogP contribution in [0.2, 0.25) is 0 Å². The van der Waals surface area contributed by atoms with Gasteiger partial charge in [-0.1, -0.05) is 26.0 Å². The average molecular weight is 221 g/mol. The van der Waals surface area contributed by atoms with Crippen molar-refractivity contribution in [2.24, 2.45) is 5.92 Å². The Morgan fingerprint density at radius 1 is 1.25 bits per heavy atom. The second-order valence-electron chi connectivity index (χ2n) is 4.20. The monoisotopic (exact) mass is 221 g/mol. The summed E-state index contributed by atoms with van der Waals surface area (Å²) in [5.74, 6) is 1.18. The van der Waals surface area contributed by atoms with Gasteiger partial charge >= 0.3 is 0 Å². The Balaban J connectivity index is 2.88. The summed E-state index contributed by atoms with van der Waals surface area (Å²) in [4.78, 5) is 11.1. The van der Waals surface area contributed by atoms with Crippen LogP contribution in [0.25, 0.3) is 0 Å². The van der Waals surface area contributed by atoms with E-state index in [1.165, 1.54) is 0 Å². The predicted octanol–water partition coefficient (Wildman–Crippen LogP) is 2.53. The fraction of sp³-hybridized carbons (Fsp3) is 0.462. The van der Waals surface area contributed by atoms with Crippen LogP contribution < -0.4 is 10.1 Å². The lowest BCUT2D eigenvalue weighted by Gasteiger charge is -2.22. The van der Waals surface area contributed by atoms with Crippen molar-refractivity contribution in [2.45, 2.75) is 26.8 Å². The molecule has 0 radical (unpaired) electrons. The molecule has 1 amide bonds. The van der Waals surface area contributed by atoms with Crippen molar-refractivity contribution in [2.75, 3.05) is 7.11 Å². The number of carbonyl (C=O) groups is 1. The third-order valence-corrected chi connectivity index (χ3v) is 2.50. The fourth-order valence-electron chi connectivity index (χ4n) is 1.67. The molecule has 3 heteroatoms. The van der Waals surface area contributed by atoms with E-state index in [9.17, 15) is 4.79 Å². The van der Waals surface area contributed by atoms with Gasteiger partial charge in [0.2, 0.25) is 5.91 Å². The van der Waals surface area contributed by atoms with Crippen molar-refractivity contribution in [3.63, 3.8) is 0 Å². The van der Waals surface area contributed by atoms with Gasteiger partial charge in [-0.3, -0.25) is 4.79 Å². The highest BCUT2D eigenvalue weighted by molar-refractivity contribution is 5.73. The van der Waals surface area contributed by atoms with Crippen LogP contribution >= 0.6 is 0 Å². The normalized spacial score (nSPS) is 12.3. The van der Waals surface area contributed by atoms with E-state index in [1.54, 1.807) is 14.0 Å². The molecule has 1 aromatic rings. The second kappa shape index (κ2) is 5.54. The first kappa shape index (κ1) is 12.6. The molecule has 3 nitrogen and oxygen atoms in total. The zero-order valence-electron chi connectivity index (χ0n) is 10.3. The van der Waals surface area contributed by atoms with E-state index in [4.69, 9.17) is 4.74 Å². The lowest BCUT2D eigenvalue weighted by molar-refractivity contribution is -0.120. The fourth-order valence-corrected chi connectivity index (χ4v) is 1.67. The molecule has 16 heavy (non-hydrogen) atoms. The van der Waals surface area contributed by atoms with Gasteiger partial charge in [0.1, 0.15) is 5.75 Å². The standard InChI is InChI=1S/C13H19NO2/c1-9(2)13(14-10(3)15)11-5-7-12(16-4)8-6-11/h5-9,13H,1-4H3,(H,14,15). The molecule has 1 atom stereocenters. The number of benzene rings is 1. The predicted molar refractivity (Wildman–Crippen MR) is 64.4 cm³/mol. The van der Waals surface area contributed by atoms with E-state index < -0.39 is 0 Å². The number of hydrogen-bond acceptors (Lipinski definition) is 2. The quantitative estimate of drug-likeness (QED) is 0.848. The SMILES string of the molecule is COc1ccc(C(NC(C)=O)C(C)C)cc1. The first-order valence-electron chi connectivity index (χ1n) is 5.45. The van der Waals surface area contributed by atoms with Crippen molar-refractivity contribution in [1.82, 2.24) is 5.32 Å². The van der Waals surface area contributed by atoms with Gasteiger partial charge in [0.25, 0.3) is 0 Å². The molecule has 0 fully saturated rings. The maximum absolute atomic E-state index is 11.1. The van der Waals surface area contributed by atoms with Gasteiger partial charge in [-0.25, -0.2) is 0 Å². The van der Waals surface area contributed by atoms with Crippen molar-refractivity contribution in [3.8, 4) is 5.75 Å². The molecule has 0 aliphatic rings. The topological polar surface area (TPSA) is 38.3 Å². The van der Waals surface area contributed by atoms with Gasteiger partial charge in [0, 0.05) is 6.92 Å². The van der Waals surface area contributed by atoms with Gasteiger partial charge < -0.3 is 10.1 Å². The Morgan fingerprint density at radius 2 is 1.81 bits per heavy atom. The first-order valence-corrected chi connectivity index (χ1v) is 5.45. The van der Waals surface area contributed by atoms with Gasteiger partial charge in [-0.05, 0) is 23.6 Å². The van der Waals surface area contributed by atoms with Crippen molar-refractivity contribution in [1.29, 1.82) is 0 Å². The number of carbonyl (C=O) groups excluding carboxylic acids is 1. The summed E-state index contributed by atoms with van der Waals surface area (Å²) in [6.07, 6.45) is 0. The molecule has 0 saturated heterocycles. The molecule has 1 rings (SSSR count). The van der Waals surface area contributed by atoms with E-state index in [0.29, 0.717) is 5.92 Å². The van der Waals surface area contributed by atoms with Crippen LogP contribution in [0.1, 0.15) is 32.4 Å². The van der Waals surface area contributed by atoms with Crippen molar-refractivity contribution < 1.29 is 9.53 Å². The minimum absolute atomic E-state index is 0.00508. The molecule has 0 aromatic heterocycles. The second-order valence-corrected chi connectivity index (χ2v) is 4.20. The van der Waals surface area contributed by atoms with Gasteiger partial charge in [-0.15, -0.1) is 0 Å². The highest BCUT2D eigenvalue weighted by atomic mass is 16.5. The summed E-state index contributed by atoms with van der Waals surface area (Å²) in [6, 6.07) is 7.85. The third kappa shape index (κ3) is 3.26. The third-order valence-electron chi connectivity index (χ3n) is 2.50. The van der Waals surface area contributed by atoms with Gasteiger partial charge in [0.15, 0.2) is 0 Å². The number of hydrogen-bond donors (Lipinski definition) is 1. The minimum atomic E-state index is -0.00508. The van der Waals surface area contributed by atoms with E-state index in [2.05, 4.69) is 19.2 Å². The zero-order chi connectivity index (χ0) is 12.1. The average Bonchev–Trinajstić information content (AvgIpc) is 2.25. The van der Waals surface area contributed by atoms with Crippen LogP contribution in [0.3, 0.4) is 0 Å². The maximum atomic E-state index is 11.1. The van der Waals surface area contributed by atoms with Crippen LogP contribution in [-0.2, 0) is 4.79 Å². The Hall–Kier alpha value is -1.51. The molecule has 0 bridgehead atoms. The van der Waals surface area contributed by atoms with E-state index in [1.807, 2.05) is 24.3 Å². The molecule has 1 N–H and O–H groups in total. The molecule has 1 unspecified atom stereocenters. The van der Waals surface area contributed by atoms with Crippen LogP contribution in [0.5, 0.6) is 5.75 Å². The number of ether oxygens (including phenoxy) is 1. The molecule has 88 valence electrons. The Kier molecular flexibility index (Phi) is 4.35. The molecule has 1 aromatic carbocycles. The van der Waals surface area contributed by atoms with Crippen LogP contribution in [0, 0.1) is 5.92 Å². The number of rotatable bonds is 4. The number of amides is 1. The minimum Gasteiger partial charge on any atom is -0.497 e. The summed E-state index contributed by atoms with van der Waals surface area (Å²) in [7, 11) is 1.64. The lowest BCUT2D eigenvalue weighted by atomic mass is 9.96. The molecular formula is C13H19NO2. The zero-order valence-corrected chi connectivity index (χ0v) is 10.3. The molecule has 0 saturated carbocycles. The van der Waals surface area contributed by atoms with Gasteiger partial charge in [-0.2, -0.15) is 0 Å². The number of nitrogens with one attached hydrogen (secondary N) is 1. The number of methoxy groups -OCH3 is 1. The first-order chi connectivity index (χ1) is 7.54. The van der Waals surface area contributed by atoms with Crippen LogP contribution in [0.15, 0.2) is 24.3 Å². The lowest BCUT2D eigenvalue weighted by Crippen LogP contribution is -2.29. The summed E-state index contributed by atoms with van der Waals surface area (Å²) < 4.78 is 5.10. The van der Waals surface area contributed by atoms with Crippen molar-refractivity contribution in [3.05, 3.63) is 29.8 Å². The van der Waals surface area contributed by atoms with Crippen LogP contribution in [0.4, 0.5) is 0 Å². The summed E-state index contributed by atoms with van der Waals surface area (Å²) in [5, 5.41) is 2.95. The molecule has 0 spiro atoms. The molecule has 0 aliphatic heterocycles. The van der Waals surface area contributed by atoms with E-state index in [0.717, 1.165) is 11.3 Å². The van der Waals surface area contributed by atoms with Crippen LogP contribution in [-0.4, -0.2) is 13.0 Å². The van der Waals surface area contributed by atoms with Gasteiger partial charge in [0.05, 0.1) is 13.2 Å². The molecule has 0 heterocycles. The summed E-state index contributed by atoms with van der Waals surface area (Å²) in [6.45, 7) is 5.72. The molecule has 0 aliphatic carbocycles.